The highest BCUT2D eigenvalue weighted by Crippen LogP contribution is 2.34. The molecule has 0 aromatic carbocycles. The second kappa shape index (κ2) is 6.94. The average molecular weight is 395 g/mol. The first-order valence-corrected chi connectivity index (χ1v) is 10.2. The van der Waals surface area contributed by atoms with Crippen LogP contribution in [0.25, 0.3) is 10.6 Å². The number of anilines is 2. The minimum Gasteiger partial charge on any atom is -0.357 e. The van der Waals surface area contributed by atoms with Gasteiger partial charge < -0.3 is 9.80 Å². The third kappa shape index (κ3) is 2.93. The molecule has 0 N–H and O–H groups in total. The summed E-state index contributed by atoms with van der Waals surface area (Å²) in [5.74, 6) is 0.0195. The fraction of sp³-hybridized carbons (Fsp3) is 0.300. The summed E-state index contributed by atoms with van der Waals surface area (Å²) < 4.78 is 14.7. The Hall–Kier alpha value is -2.87. The van der Waals surface area contributed by atoms with E-state index in [1.807, 2.05) is 12.1 Å². The Morgan fingerprint density at radius 1 is 1.07 bits per heavy atom. The van der Waals surface area contributed by atoms with Gasteiger partial charge in [0, 0.05) is 32.3 Å². The minimum absolute atomic E-state index is 0.111. The van der Waals surface area contributed by atoms with Gasteiger partial charge in [0.2, 0.25) is 5.95 Å². The van der Waals surface area contributed by atoms with E-state index in [2.05, 4.69) is 19.9 Å². The molecule has 5 heterocycles. The third-order valence-electron chi connectivity index (χ3n) is 5.16. The Morgan fingerprint density at radius 3 is 2.68 bits per heavy atom. The Bertz CT molecular complexity index is 1030. The lowest BCUT2D eigenvalue weighted by Gasteiger charge is -2.25. The van der Waals surface area contributed by atoms with Gasteiger partial charge in [0.1, 0.15) is 15.7 Å². The van der Waals surface area contributed by atoms with Gasteiger partial charge in [-0.15, -0.1) is 11.3 Å². The van der Waals surface area contributed by atoms with E-state index < -0.39 is 5.95 Å². The summed E-state index contributed by atoms with van der Waals surface area (Å²) in [7, 11) is 0. The van der Waals surface area contributed by atoms with Gasteiger partial charge in [-0.3, -0.25) is 9.78 Å². The largest absolute Gasteiger partial charge is 0.357 e. The molecule has 1 saturated heterocycles. The molecule has 0 aliphatic carbocycles. The molecule has 2 aliphatic heterocycles. The van der Waals surface area contributed by atoms with E-state index in [-0.39, 0.29) is 5.91 Å². The second-order valence-corrected chi connectivity index (χ2v) is 7.91. The van der Waals surface area contributed by atoms with Gasteiger partial charge in [-0.05, 0) is 37.1 Å². The van der Waals surface area contributed by atoms with Crippen LogP contribution >= 0.6 is 11.3 Å². The zero-order valence-corrected chi connectivity index (χ0v) is 16.0. The van der Waals surface area contributed by atoms with Crippen molar-refractivity contribution in [2.45, 2.75) is 19.3 Å². The number of rotatable bonds is 3. The lowest BCUT2D eigenvalue weighted by Crippen LogP contribution is -2.36. The van der Waals surface area contributed by atoms with Gasteiger partial charge >= 0.3 is 0 Å². The SMILES string of the molecule is O=C1c2sc(-c3ccc(N4CCCC4)nc3F)nc2CCN1c1cccnc1. The topological polar surface area (TPSA) is 62.2 Å². The van der Waals surface area contributed by atoms with E-state index in [9.17, 15) is 9.18 Å². The van der Waals surface area contributed by atoms with Crippen molar-refractivity contribution in [3.8, 4) is 10.6 Å². The molecule has 0 unspecified atom stereocenters. The first-order valence-electron chi connectivity index (χ1n) is 9.34. The van der Waals surface area contributed by atoms with Crippen molar-refractivity contribution in [3.05, 3.63) is 53.2 Å². The van der Waals surface area contributed by atoms with Crippen LogP contribution in [-0.2, 0) is 6.42 Å². The van der Waals surface area contributed by atoms with Crippen molar-refractivity contribution in [2.75, 3.05) is 29.4 Å². The average Bonchev–Trinajstić information content (AvgIpc) is 3.39. The first kappa shape index (κ1) is 17.2. The summed E-state index contributed by atoms with van der Waals surface area (Å²) in [4.78, 5) is 30.1. The molecule has 0 saturated carbocycles. The van der Waals surface area contributed by atoms with Crippen LogP contribution in [-0.4, -0.2) is 40.5 Å². The minimum atomic E-state index is -0.535. The molecule has 0 spiro atoms. The lowest BCUT2D eigenvalue weighted by molar-refractivity contribution is 0.0984. The van der Waals surface area contributed by atoms with Crippen LogP contribution in [0.15, 0.2) is 36.7 Å². The van der Waals surface area contributed by atoms with E-state index in [1.54, 1.807) is 29.4 Å². The number of pyridine rings is 2. The van der Waals surface area contributed by atoms with Crippen LogP contribution in [0.5, 0.6) is 0 Å². The Balaban J connectivity index is 1.45. The van der Waals surface area contributed by atoms with E-state index in [4.69, 9.17) is 0 Å². The van der Waals surface area contributed by atoms with E-state index in [0.717, 1.165) is 37.3 Å². The maximum Gasteiger partial charge on any atom is 0.270 e. The Labute approximate surface area is 165 Å². The number of hydrogen-bond donors (Lipinski definition) is 0. The van der Waals surface area contributed by atoms with E-state index >= 15 is 0 Å². The highest BCUT2D eigenvalue weighted by molar-refractivity contribution is 7.17. The standard InChI is InChI=1S/C20H18FN5OS/c21-18-14(5-6-16(24-18)25-9-1-2-10-25)19-23-15-7-11-26(20(27)17(15)28-19)13-4-3-8-22-12-13/h3-6,8,12H,1-2,7,9-11H2. The van der Waals surface area contributed by atoms with Crippen LogP contribution in [0.1, 0.15) is 28.2 Å². The molecular formula is C20H18FN5OS. The van der Waals surface area contributed by atoms with Crippen LogP contribution in [0.4, 0.5) is 15.9 Å². The summed E-state index contributed by atoms with van der Waals surface area (Å²) >= 11 is 1.23. The summed E-state index contributed by atoms with van der Waals surface area (Å²) in [6.45, 7) is 2.36. The van der Waals surface area contributed by atoms with Crippen molar-refractivity contribution in [3.63, 3.8) is 0 Å². The summed E-state index contributed by atoms with van der Waals surface area (Å²) in [6, 6.07) is 7.23. The fourth-order valence-corrected chi connectivity index (χ4v) is 4.79. The molecule has 1 amide bonds. The smallest absolute Gasteiger partial charge is 0.270 e. The number of hydrogen-bond acceptors (Lipinski definition) is 6. The number of halogens is 1. The quantitative estimate of drug-likeness (QED) is 0.635. The zero-order chi connectivity index (χ0) is 19.1. The molecule has 5 rings (SSSR count). The monoisotopic (exact) mass is 395 g/mol. The van der Waals surface area contributed by atoms with Gasteiger partial charge in [0.25, 0.3) is 5.91 Å². The predicted octanol–water partition coefficient (Wildman–Crippen LogP) is 3.54. The molecule has 28 heavy (non-hydrogen) atoms. The summed E-state index contributed by atoms with van der Waals surface area (Å²) in [6.07, 6.45) is 6.20. The van der Waals surface area contributed by atoms with Gasteiger partial charge in [0.05, 0.1) is 23.1 Å². The Morgan fingerprint density at radius 2 is 1.93 bits per heavy atom. The summed E-state index contributed by atoms with van der Waals surface area (Å²) in [5.41, 5.74) is 1.84. The molecule has 0 radical (unpaired) electrons. The lowest BCUT2D eigenvalue weighted by atomic mass is 10.1. The van der Waals surface area contributed by atoms with Gasteiger partial charge in [0.15, 0.2) is 0 Å². The molecule has 3 aromatic rings. The zero-order valence-electron chi connectivity index (χ0n) is 15.1. The molecule has 6 nitrogen and oxygen atoms in total. The molecule has 8 heteroatoms. The summed E-state index contributed by atoms with van der Waals surface area (Å²) in [5, 5.41) is 0.504. The van der Waals surface area contributed by atoms with Crippen molar-refractivity contribution < 1.29 is 9.18 Å². The normalized spacial score (nSPS) is 16.5. The van der Waals surface area contributed by atoms with Crippen molar-refractivity contribution >= 4 is 28.7 Å². The van der Waals surface area contributed by atoms with E-state index in [0.29, 0.717) is 34.2 Å². The van der Waals surface area contributed by atoms with E-state index in [1.165, 1.54) is 11.3 Å². The van der Waals surface area contributed by atoms with Crippen LogP contribution in [0.3, 0.4) is 0 Å². The van der Waals surface area contributed by atoms with Crippen molar-refractivity contribution in [2.24, 2.45) is 0 Å². The van der Waals surface area contributed by atoms with Crippen molar-refractivity contribution in [1.82, 2.24) is 15.0 Å². The first-order chi connectivity index (χ1) is 13.7. The highest BCUT2D eigenvalue weighted by Gasteiger charge is 2.30. The Kier molecular flexibility index (Phi) is 4.27. The number of amides is 1. The number of fused-ring (bicyclic) bond motifs is 1. The fourth-order valence-electron chi connectivity index (χ4n) is 3.71. The molecule has 2 aliphatic rings. The number of aromatic nitrogens is 3. The molecule has 0 bridgehead atoms. The number of nitrogens with zero attached hydrogens (tertiary/aromatic N) is 5. The molecule has 142 valence electrons. The number of carbonyl (C=O) groups excluding carboxylic acids is 1. The molecule has 3 aromatic heterocycles. The molecule has 0 atom stereocenters. The third-order valence-corrected chi connectivity index (χ3v) is 6.28. The maximum atomic E-state index is 14.7. The predicted molar refractivity (Wildman–Crippen MR) is 106 cm³/mol. The van der Waals surface area contributed by atoms with Gasteiger partial charge in [-0.1, -0.05) is 0 Å². The maximum absolute atomic E-state index is 14.7. The van der Waals surface area contributed by atoms with Crippen LogP contribution in [0.2, 0.25) is 0 Å². The van der Waals surface area contributed by atoms with Crippen molar-refractivity contribution in [1.29, 1.82) is 0 Å². The van der Waals surface area contributed by atoms with Crippen LogP contribution < -0.4 is 9.80 Å². The highest BCUT2D eigenvalue weighted by atomic mass is 32.1. The number of carbonyl (C=O) groups is 1. The number of thiazole rings is 1. The second-order valence-electron chi connectivity index (χ2n) is 6.91. The molecule has 1 fully saturated rings. The molecular weight excluding hydrogens is 377 g/mol. The van der Waals surface area contributed by atoms with Gasteiger partial charge in [-0.25, -0.2) is 9.97 Å². The van der Waals surface area contributed by atoms with Crippen LogP contribution in [0, 0.1) is 5.95 Å². The van der Waals surface area contributed by atoms with Gasteiger partial charge in [-0.2, -0.15) is 4.39 Å².